The smallest absolute Gasteiger partial charge is 0.309 e. The molecule has 24 heavy (non-hydrogen) atoms. The van der Waals surface area contributed by atoms with E-state index in [9.17, 15) is 15.0 Å². The van der Waals surface area contributed by atoms with Crippen LogP contribution in [0.4, 0.5) is 0 Å². The maximum Gasteiger partial charge on any atom is 0.309 e. The van der Waals surface area contributed by atoms with E-state index in [-0.39, 0.29) is 30.5 Å². The van der Waals surface area contributed by atoms with E-state index in [1.807, 2.05) is 6.92 Å². The van der Waals surface area contributed by atoms with Gasteiger partial charge in [0.2, 0.25) is 0 Å². The van der Waals surface area contributed by atoms with Gasteiger partial charge in [0.1, 0.15) is 0 Å². The summed E-state index contributed by atoms with van der Waals surface area (Å²) in [4.78, 5) is 12.0. The summed E-state index contributed by atoms with van der Waals surface area (Å²) >= 11 is 0. The van der Waals surface area contributed by atoms with Gasteiger partial charge in [-0.2, -0.15) is 0 Å². The molecule has 4 nitrogen and oxygen atoms in total. The van der Waals surface area contributed by atoms with E-state index < -0.39 is 11.4 Å². The van der Waals surface area contributed by atoms with Gasteiger partial charge in [-0.1, -0.05) is 31.6 Å². The number of carbonyl (C=O) groups is 1. The molecule has 3 N–H and O–H groups in total. The Bertz CT molecular complexity index is 524. The molecule has 0 bridgehead atoms. The largest absolute Gasteiger partial charge is 0.481 e. The molecule has 2 rings (SSSR count). The highest BCUT2D eigenvalue weighted by molar-refractivity contribution is 5.75. The van der Waals surface area contributed by atoms with E-state index in [2.05, 4.69) is 13.5 Å². The SMILES string of the molecule is C=C1CC[C@@H]2[C@](C)(CCC[C@]2(C)C(=O)O)[C@H]1CC/C(=C\CO)CO. The number of carboxylic acid groups (broad SMARTS) is 1. The second-order valence-electron chi connectivity index (χ2n) is 8.13. The van der Waals surface area contributed by atoms with Crippen LogP contribution in [0.15, 0.2) is 23.8 Å². The standard InChI is InChI=1S/C20H32O4/c1-14-5-8-17-19(2,10-4-11-20(17,3)18(23)24)16(14)7-6-15(13-22)9-12-21/h9,16-17,21-22H,1,4-8,10-13H2,2-3H3,(H,23,24)/b15-9+/t16-,17+,19+,20-/m0/s1. The summed E-state index contributed by atoms with van der Waals surface area (Å²) in [5, 5.41) is 28.3. The zero-order chi connectivity index (χ0) is 18.0. The monoisotopic (exact) mass is 336 g/mol. The van der Waals surface area contributed by atoms with Crippen molar-refractivity contribution >= 4 is 5.97 Å². The molecule has 4 heteroatoms. The van der Waals surface area contributed by atoms with Crippen LogP contribution in [0, 0.1) is 22.7 Å². The van der Waals surface area contributed by atoms with Crippen LogP contribution in [0.3, 0.4) is 0 Å². The Morgan fingerprint density at radius 2 is 2.04 bits per heavy atom. The van der Waals surface area contributed by atoms with Gasteiger partial charge in [-0.05, 0) is 68.3 Å². The molecule has 0 radical (unpaired) electrons. The molecule has 0 aliphatic heterocycles. The van der Waals surface area contributed by atoms with E-state index in [1.54, 1.807) is 6.08 Å². The predicted molar refractivity (Wildman–Crippen MR) is 94.5 cm³/mol. The number of hydrogen-bond donors (Lipinski definition) is 3. The third-order valence-electron chi connectivity index (χ3n) is 6.85. The minimum absolute atomic E-state index is 0.0350. The topological polar surface area (TPSA) is 77.8 Å². The second kappa shape index (κ2) is 7.40. The van der Waals surface area contributed by atoms with Crippen molar-refractivity contribution in [3.63, 3.8) is 0 Å². The fourth-order valence-corrected chi connectivity index (χ4v) is 5.44. The summed E-state index contributed by atoms with van der Waals surface area (Å²) in [5.74, 6) is -0.212. The fraction of sp³-hybridized carbons (Fsp3) is 0.750. The highest BCUT2D eigenvalue weighted by Crippen LogP contribution is 2.62. The van der Waals surface area contributed by atoms with Crippen LogP contribution in [-0.4, -0.2) is 34.5 Å². The summed E-state index contributed by atoms with van der Waals surface area (Å²) < 4.78 is 0. The summed E-state index contributed by atoms with van der Waals surface area (Å²) in [6, 6.07) is 0. The van der Waals surface area contributed by atoms with Crippen molar-refractivity contribution in [3.8, 4) is 0 Å². The molecule has 4 atom stereocenters. The van der Waals surface area contributed by atoms with Gasteiger partial charge in [-0.3, -0.25) is 4.79 Å². The number of aliphatic carboxylic acids is 1. The molecule has 0 saturated heterocycles. The summed E-state index contributed by atoms with van der Waals surface area (Å²) in [6.45, 7) is 8.38. The molecule has 0 aromatic rings. The van der Waals surface area contributed by atoms with Crippen molar-refractivity contribution in [1.82, 2.24) is 0 Å². The molecule has 0 aromatic carbocycles. The molecule has 2 saturated carbocycles. The van der Waals surface area contributed by atoms with Gasteiger partial charge in [0.05, 0.1) is 18.6 Å². The molecular weight excluding hydrogens is 304 g/mol. The Hall–Kier alpha value is -1.13. The van der Waals surface area contributed by atoms with Crippen LogP contribution in [0.2, 0.25) is 0 Å². The van der Waals surface area contributed by atoms with Crippen LogP contribution >= 0.6 is 0 Å². The minimum Gasteiger partial charge on any atom is -0.481 e. The lowest BCUT2D eigenvalue weighted by Gasteiger charge is -2.57. The predicted octanol–water partition coefficient (Wildman–Crippen LogP) is 3.54. The van der Waals surface area contributed by atoms with Crippen molar-refractivity contribution in [1.29, 1.82) is 0 Å². The van der Waals surface area contributed by atoms with Crippen LogP contribution in [0.25, 0.3) is 0 Å². The number of aliphatic hydroxyl groups is 2. The van der Waals surface area contributed by atoms with E-state index in [0.29, 0.717) is 0 Å². The van der Waals surface area contributed by atoms with Crippen LogP contribution in [0.1, 0.15) is 58.8 Å². The zero-order valence-electron chi connectivity index (χ0n) is 15.1. The molecule has 0 unspecified atom stereocenters. The van der Waals surface area contributed by atoms with Crippen LogP contribution in [0.5, 0.6) is 0 Å². The number of carboxylic acids is 1. The quantitative estimate of drug-likeness (QED) is 0.648. The lowest BCUT2D eigenvalue weighted by molar-refractivity contribution is -0.164. The molecule has 0 heterocycles. The lowest BCUT2D eigenvalue weighted by atomic mass is 9.46. The van der Waals surface area contributed by atoms with E-state index in [4.69, 9.17) is 5.11 Å². The summed E-state index contributed by atoms with van der Waals surface area (Å²) in [7, 11) is 0. The minimum atomic E-state index is -0.666. The molecule has 136 valence electrons. The van der Waals surface area contributed by atoms with E-state index in [0.717, 1.165) is 50.5 Å². The van der Waals surface area contributed by atoms with E-state index in [1.165, 1.54) is 5.57 Å². The Morgan fingerprint density at radius 1 is 1.33 bits per heavy atom. The second-order valence-corrected chi connectivity index (χ2v) is 8.13. The molecule has 0 aromatic heterocycles. The first kappa shape index (κ1) is 19.2. The summed E-state index contributed by atoms with van der Waals surface area (Å²) in [6.07, 6.45) is 7.82. The number of allylic oxidation sites excluding steroid dienone is 1. The van der Waals surface area contributed by atoms with Crippen molar-refractivity contribution in [2.24, 2.45) is 22.7 Å². The lowest BCUT2D eigenvalue weighted by Crippen LogP contribution is -2.53. The van der Waals surface area contributed by atoms with Gasteiger partial charge >= 0.3 is 5.97 Å². The molecule has 2 fully saturated rings. The molecule has 2 aliphatic carbocycles. The zero-order valence-corrected chi connectivity index (χ0v) is 15.1. The number of rotatable bonds is 6. The van der Waals surface area contributed by atoms with Crippen molar-refractivity contribution in [2.45, 2.75) is 58.8 Å². The maximum absolute atomic E-state index is 12.0. The normalized spacial score (nSPS) is 37.2. The fourth-order valence-electron chi connectivity index (χ4n) is 5.44. The van der Waals surface area contributed by atoms with Gasteiger partial charge in [0.15, 0.2) is 0 Å². The Morgan fingerprint density at radius 3 is 2.62 bits per heavy atom. The van der Waals surface area contributed by atoms with Gasteiger partial charge in [0.25, 0.3) is 0 Å². The molecule has 0 spiro atoms. The Labute approximate surface area is 145 Å². The van der Waals surface area contributed by atoms with Crippen molar-refractivity contribution in [3.05, 3.63) is 23.8 Å². The highest BCUT2D eigenvalue weighted by atomic mass is 16.4. The van der Waals surface area contributed by atoms with Crippen LogP contribution in [-0.2, 0) is 4.79 Å². The van der Waals surface area contributed by atoms with Gasteiger partial charge in [0, 0.05) is 0 Å². The Balaban J connectivity index is 2.25. The average Bonchev–Trinajstić information content (AvgIpc) is 2.52. The first-order valence-electron chi connectivity index (χ1n) is 9.10. The van der Waals surface area contributed by atoms with E-state index >= 15 is 0 Å². The van der Waals surface area contributed by atoms with Gasteiger partial charge in [-0.25, -0.2) is 0 Å². The van der Waals surface area contributed by atoms with Crippen molar-refractivity contribution < 1.29 is 20.1 Å². The summed E-state index contributed by atoms with van der Waals surface area (Å²) in [5.41, 5.74) is 1.39. The third kappa shape index (κ3) is 3.31. The van der Waals surface area contributed by atoms with Gasteiger partial charge in [-0.15, -0.1) is 0 Å². The van der Waals surface area contributed by atoms with Crippen LogP contribution < -0.4 is 0 Å². The average molecular weight is 336 g/mol. The maximum atomic E-state index is 12.0. The highest BCUT2D eigenvalue weighted by Gasteiger charge is 2.57. The third-order valence-corrected chi connectivity index (χ3v) is 6.85. The molecular formula is C20H32O4. The first-order valence-corrected chi connectivity index (χ1v) is 9.10. The Kier molecular flexibility index (Phi) is 5.92. The first-order chi connectivity index (χ1) is 11.3. The van der Waals surface area contributed by atoms with Crippen molar-refractivity contribution in [2.75, 3.05) is 13.2 Å². The number of hydrogen-bond acceptors (Lipinski definition) is 3. The number of aliphatic hydroxyl groups excluding tert-OH is 2. The molecule has 0 amide bonds. The number of fused-ring (bicyclic) bond motifs is 1. The van der Waals surface area contributed by atoms with Gasteiger partial charge < -0.3 is 15.3 Å². The molecule has 2 aliphatic rings.